The third kappa shape index (κ3) is 5.10. The van der Waals surface area contributed by atoms with E-state index in [9.17, 15) is 0 Å². The Morgan fingerprint density at radius 3 is 2.52 bits per heavy atom. The van der Waals surface area contributed by atoms with Gasteiger partial charge in [0, 0.05) is 18.0 Å². The third-order valence-electron chi connectivity index (χ3n) is 3.79. The number of carboxylic acids is 2. The number of hydrogen-bond acceptors (Lipinski definition) is 7. The second-order valence-electron chi connectivity index (χ2n) is 5.95. The van der Waals surface area contributed by atoms with Crippen LogP contribution in [0.1, 0.15) is 23.3 Å². The number of hydrogen-bond donors (Lipinski definition) is 3. The Kier molecular flexibility index (Phi) is 6.65. The van der Waals surface area contributed by atoms with Gasteiger partial charge >= 0.3 is 11.9 Å². The zero-order valence-electron chi connectivity index (χ0n) is 14.3. The van der Waals surface area contributed by atoms with Crippen LogP contribution in [0.4, 0.5) is 5.82 Å². The molecule has 0 atom stereocenters. The van der Waals surface area contributed by atoms with Crippen LogP contribution in [0, 0.1) is 0 Å². The van der Waals surface area contributed by atoms with E-state index < -0.39 is 11.9 Å². The normalized spacial score (nSPS) is 13.1. The van der Waals surface area contributed by atoms with Crippen molar-refractivity contribution in [2.75, 3.05) is 32.5 Å². The van der Waals surface area contributed by atoms with Crippen molar-refractivity contribution in [2.24, 2.45) is 0 Å². The number of aromatic nitrogens is 2. The van der Waals surface area contributed by atoms with Crippen molar-refractivity contribution >= 4 is 39.3 Å². The quantitative estimate of drug-likeness (QED) is 0.700. The SMILES string of the molecule is CN(C)CCNc1ncnc2sc3c(c12)CCCC3.O=C(O)C(=O)O. The first-order valence-corrected chi connectivity index (χ1v) is 8.82. The average molecular weight is 366 g/mol. The standard InChI is InChI=1S/C14H20N4S.C2H2O4/c1-18(2)8-7-15-13-12-10-5-3-4-6-11(10)19-14(12)17-9-16-13;3-1(4)2(5)6/h9H,3-8H2,1-2H3,(H,15,16,17);(H,3,4)(H,5,6). The van der Waals surface area contributed by atoms with Crippen molar-refractivity contribution in [3.05, 3.63) is 16.8 Å². The Morgan fingerprint density at radius 2 is 1.88 bits per heavy atom. The van der Waals surface area contributed by atoms with Gasteiger partial charge in [-0.25, -0.2) is 19.6 Å². The Morgan fingerprint density at radius 1 is 1.20 bits per heavy atom. The lowest BCUT2D eigenvalue weighted by atomic mass is 9.97. The summed E-state index contributed by atoms with van der Waals surface area (Å²) in [5.41, 5.74) is 1.50. The van der Waals surface area contributed by atoms with Crippen molar-refractivity contribution in [1.82, 2.24) is 14.9 Å². The molecular formula is C16H22N4O4S. The minimum Gasteiger partial charge on any atom is -0.473 e. The van der Waals surface area contributed by atoms with E-state index in [4.69, 9.17) is 19.8 Å². The van der Waals surface area contributed by atoms with Crippen LogP contribution in [0.5, 0.6) is 0 Å². The lowest BCUT2D eigenvalue weighted by Gasteiger charge is -2.13. The highest BCUT2D eigenvalue weighted by molar-refractivity contribution is 7.19. The van der Waals surface area contributed by atoms with E-state index >= 15 is 0 Å². The van der Waals surface area contributed by atoms with Gasteiger partial charge in [0.05, 0.1) is 5.39 Å². The lowest BCUT2D eigenvalue weighted by Crippen LogP contribution is -2.21. The van der Waals surface area contributed by atoms with Crippen LogP contribution in [0.25, 0.3) is 10.2 Å². The number of carbonyl (C=O) groups is 2. The molecule has 0 fully saturated rings. The fraction of sp³-hybridized carbons (Fsp3) is 0.500. The van der Waals surface area contributed by atoms with Gasteiger partial charge in [-0.3, -0.25) is 0 Å². The molecule has 136 valence electrons. The number of aryl methyl sites for hydroxylation is 2. The summed E-state index contributed by atoms with van der Waals surface area (Å²) in [6.07, 6.45) is 6.70. The van der Waals surface area contributed by atoms with Crippen LogP contribution in [-0.4, -0.2) is 64.2 Å². The van der Waals surface area contributed by atoms with Gasteiger partial charge in [0.15, 0.2) is 0 Å². The summed E-state index contributed by atoms with van der Waals surface area (Å²) in [7, 11) is 4.17. The first kappa shape index (κ1) is 19.1. The van der Waals surface area contributed by atoms with Gasteiger partial charge in [-0.05, 0) is 45.3 Å². The average Bonchev–Trinajstić information content (AvgIpc) is 2.94. The topological polar surface area (TPSA) is 116 Å². The number of thiophene rings is 1. The predicted octanol–water partition coefficient (Wildman–Crippen LogP) is 1.70. The van der Waals surface area contributed by atoms with Crippen molar-refractivity contribution < 1.29 is 19.8 Å². The number of fused-ring (bicyclic) bond motifs is 3. The highest BCUT2D eigenvalue weighted by Crippen LogP contribution is 2.37. The molecule has 0 aliphatic heterocycles. The molecule has 0 saturated heterocycles. The number of anilines is 1. The predicted molar refractivity (Wildman–Crippen MR) is 96.4 cm³/mol. The minimum absolute atomic E-state index is 0.920. The second-order valence-corrected chi connectivity index (χ2v) is 7.04. The smallest absolute Gasteiger partial charge is 0.414 e. The van der Waals surface area contributed by atoms with Gasteiger partial charge in [0.25, 0.3) is 0 Å². The molecule has 0 spiro atoms. The van der Waals surface area contributed by atoms with E-state index in [1.807, 2.05) is 11.3 Å². The molecule has 3 N–H and O–H groups in total. The maximum Gasteiger partial charge on any atom is 0.414 e. The number of carboxylic acid groups (broad SMARTS) is 2. The summed E-state index contributed by atoms with van der Waals surface area (Å²) in [6.45, 7) is 1.93. The van der Waals surface area contributed by atoms with Gasteiger partial charge in [-0.1, -0.05) is 0 Å². The fourth-order valence-electron chi connectivity index (χ4n) is 2.62. The summed E-state index contributed by atoms with van der Waals surface area (Å²) < 4.78 is 0. The molecule has 2 heterocycles. The molecule has 25 heavy (non-hydrogen) atoms. The first-order chi connectivity index (χ1) is 11.9. The summed E-state index contributed by atoms with van der Waals surface area (Å²) in [5.74, 6) is -2.63. The molecule has 0 bridgehead atoms. The molecule has 0 saturated carbocycles. The molecule has 8 nitrogen and oxygen atoms in total. The van der Waals surface area contributed by atoms with E-state index in [1.165, 1.54) is 41.5 Å². The van der Waals surface area contributed by atoms with Crippen LogP contribution in [0.3, 0.4) is 0 Å². The largest absolute Gasteiger partial charge is 0.473 e. The molecule has 1 aliphatic rings. The van der Waals surface area contributed by atoms with Gasteiger partial charge in [0.1, 0.15) is 17.0 Å². The summed E-state index contributed by atoms with van der Waals surface area (Å²) in [5, 5.41) is 19.5. The van der Waals surface area contributed by atoms with E-state index in [0.29, 0.717) is 0 Å². The Balaban J connectivity index is 0.000000326. The molecule has 0 unspecified atom stereocenters. The van der Waals surface area contributed by atoms with Crippen LogP contribution < -0.4 is 5.32 Å². The van der Waals surface area contributed by atoms with Gasteiger partial charge in [-0.15, -0.1) is 11.3 Å². The molecule has 0 aromatic carbocycles. The Hall–Kier alpha value is -2.26. The molecule has 0 amide bonds. The first-order valence-electron chi connectivity index (χ1n) is 8.00. The number of rotatable bonds is 4. The van der Waals surface area contributed by atoms with Crippen LogP contribution in [0.15, 0.2) is 6.33 Å². The van der Waals surface area contributed by atoms with E-state index in [-0.39, 0.29) is 0 Å². The highest BCUT2D eigenvalue weighted by atomic mass is 32.1. The van der Waals surface area contributed by atoms with Gasteiger partial charge in [-0.2, -0.15) is 0 Å². The van der Waals surface area contributed by atoms with E-state index in [2.05, 4.69) is 34.3 Å². The van der Waals surface area contributed by atoms with Crippen molar-refractivity contribution in [1.29, 1.82) is 0 Å². The number of nitrogens with zero attached hydrogens (tertiary/aromatic N) is 3. The van der Waals surface area contributed by atoms with Crippen LogP contribution in [0.2, 0.25) is 0 Å². The molecule has 0 radical (unpaired) electrons. The Bertz CT molecular complexity index is 748. The minimum atomic E-state index is -1.82. The summed E-state index contributed by atoms with van der Waals surface area (Å²) >= 11 is 1.85. The van der Waals surface area contributed by atoms with Crippen molar-refractivity contribution in [3.63, 3.8) is 0 Å². The molecule has 1 aliphatic carbocycles. The second kappa shape index (κ2) is 8.72. The maximum atomic E-state index is 9.10. The number of aliphatic carboxylic acids is 2. The van der Waals surface area contributed by atoms with Crippen molar-refractivity contribution in [3.8, 4) is 0 Å². The summed E-state index contributed by atoms with van der Waals surface area (Å²) in [4.78, 5) is 31.9. The molecule has 2 aromatic heterocycles. The van der Waals surface area contributed by atoms with Gasteiger partial charge < -0.3 is 20.4 Å². The Labute approximate surface area is 149 Å². The van der Waals surface area contributed by atoms with E-state index in [0.717, 1.165) is 23.7 Å². The number of nitrogens with one attached hydrogen (secondary N) is 1. The molecule has 2 aromatic rings. The van der Waals surface area contributed by atoms with Crippen LogP contribution >= 0.6 is 11.3 Å². The highest BCUT2D eigenvalue weighted by Gasteiger charge is 2.19. The number of likely N-dealkylation sites (N-methyl/N-ethyl adjacent to an activating group) is 1. The van der Waals surface area contributed by atoms with Crippen molar-refractivity contribution in [2.45, 2.75) is 25.7 Å². The third-order valence-corrected chi connectivity index (χ3v) is 4.99. The maximum absolute atomic E-state index is 9.10. The van der Waals surface area contributed by atoms with Gasteiger partial charge in [0.2, 0.25) is 0 Å². The lowest BCUT2D eigenvalue weighted by molar-refractivity contribution is -0.159. The zero-order valence-corrected chi connectivity index (χ0v) is 15.1. The fourth-order valence-corrected chi connectivity index (χ4v) is 3.85. The summed E-state index contributed by atoms with van der Waals surface area (Å²) in [6, 6.07) is 0. The monoisotopic (exact) mass is 366 g/mol. The molecule has 9 heteroatoms. The van der Waals surface area contributed by atoms with E-state index in [1.54, 1.807) is 6.33 Å². The van der Waals surface area contributed by atoms with Crippen LogP contribution in [-0.2, 0) is 22.4 Å². The molecule has 3 rings (SSSR count). The zero-order chi connectivity index (χ0) is 18.4. The molecular weight excluding hydrogens is 344 g/mol.